The molecule has 0 heterocycles. The highest BCUT2D eigenvalue weighted by Crippen LogP contribution is 2.46. The van der Waals surface area contributed by atoms with Gasteiger partial charge in [0.05, 0.1) is 6.61 Å². The van der Waals surface area contributed by atoms with Crippen LogP contribution in [0.1, 0.15) is 33.3 Å². The van der Waals surface area contributed by atoms with Crippen LogP contribution >= 0.6 is 0 Å². The van der Waals surface area contributed by atoms with Crippen LogP contribution in [0.15, 0.2) is 24.3 Å². The summed E-state index contributed by atoms with van der Waals surface area (Å²) < 4.78 is 16.6. The van der Waals surface area contributed by atoms with Crippen molar-refractivity contribution in [2.75, 3.05) is 6.61 Å². The molecule has 5 heteroatoms. The Kier molecular flexibility index (Phi) is 5.21. The molecule has 0 saturated carbocycles. The fourth-order valence-corrected chi connectivity index (χ4v) is 2.53. The van der Waals surface area contributed by atoms with E-state index in [2.05, 4.69) is 0 Å². The molecule has 0 unspecified atom stereocenters. The maximum absolute atomic E-state index is 11.5. The first-order valence-electron chi connectivity index (χ1n) is 7.56. The van der Waals surface area contributed by atoms with Gasteiger partial charge in [0.2, 0.25) is 0 Å². The topological polar surface area (TPSA) is 61.8 Å². The van der Waals surface area contributed by atoms with Gasteiger partial charge in [0, 0.05) is 30.2 Å². The Hall–Kier alpha value is -2.56. The van der Waals surface area contributed by atoms with Crippen LogP contribution in [0.5, 0.6) is 17.2 Å². The second-order valence-corrected chi connectivity index (χ2v) is 4.99. The smallest absolute Gasteiger partial charge is 0.308 e. The van der Waals surface area contributed by atoms with E-state index in [1.165, 1.54) is 13.8 Å². The molecule has 0 aliphatic rings. The van der Waals surface area contributed by atoms with E-state index in [1.807, 2.05) is 38.1 Å². The predicted octanol–water partition coefficient (Wildman–Crippen LogP) is 3.65. The van der Waals surface area contributed by atoms with Crippen LogP contribution in [0.3, 0.4) is 0 Å². The van der Waals surface area contributed by atoms with E-state index in [1.54, 1.807) is 0 Å². The van der Waals surface area contributed by atoms with Gasteiger partial charge in [-0.3, -0.25) is 9.59 Å². The summed E-state index contributed by atoms with van der Waals surface area (Å²) >= 11 is 0. The molecule has 0 atom stereocenters. The number of rotatable bonds is 5. The summed E-state index contributed by atoms with van der Waals surface area (Å²) in [6.07, 6.45) is 0.567. The number of carbonyl (C=O) groups is 2. The zero-order chi connectivity index (χ0) is 17.0. The van der Waals surface area contributed by atoms with Crippen LogP contribution in [-0.2, 0) is 16.0 Å². The minimum absolute atomic E-state index is 0.364. The van der Waals surface area contributed by atoms with Crippen molar-refractivity contribution in [3.05, 3.63) is 29.8 Å². The first-order valence-corrected chi connectivity index (χ1v) is 7.56. The Labute approximate surface area is 135 Å². The van der Waals surface area contributed by atoms with Crippen molar-refractivity contribution in [1.29, 1.82) is 0 Å². The molecule has 2 aromatic rings. The van der Waals surface area contributed by atoms with Gasteiger partial charge in [0.25, 0.3) is 0 Å². The number of hydrogen-bond donors (Lipinski definition) is 0. The van der Waals surface area contributed by atoms with Crippen molar-refractivity contribution >= 4 is 22.7 Å². The van der Waals surface area contributed by atoms with Crippen LogP contribution in [0.25, 0.3) is 10.8 Å². The number of ether oxygens (including phenoxy) is 3. The van der Waals surface area contributed by atoms with E-state index in [-0.39, 0.29) is 0 Å². The van der Waals surface area contributed by atoms with Crippen molar-refractivity contribution in [3.63, 3.8) is 0 Å². The summed E-state index contributed by atoms with van der Waals surface area (Å²) in [7, 11) is 0. The fraction of sp³-hybridized carbons (Fsp3) is 0.333. The average Bonchev–Trinajstić information content (AvgIpc) is 2.50. The maximum atomic E-state index is 11.5. The van der Waals surface area contributed by atoms with Gasteiger partial charge in [-0.05, 0) is 13.3 Å². The van der Waals surface area contributed by atoms with E-state index in [4.69, 9.17) is 14.2 Å². The molecule has 0 bridgehead atoms. The molecular formula is C18H20O5. The molecule has 2 rings (SSSR count). The lowest BCUT2D eigenvalue weighted by atomic mass is 10.0. The molecule has 0 radical (unpaired) electrons. The van der Waals surface area contributed by atoms with Crippen LogP contribution in [-0.4, -0.2) is 18.5 Å². The Morgan fingerprint density at radius 3 is 1.87 bits per heavy atom. The molecule has 0 N–H and O–H groups in total. The van der Waals surface area contributed by atoms with Gasteiger partial charge in [-0.1, -0.05) is 31.2 Å². The Balaban J connectivity index is 2.88. The number of hydrogen-bond acceptors (Lipinski definition) is 5. The Morgan fingerprint density at radius 2 is 1.39 bits per heavy atom. The highest BCUT2D eigenvalue weighted by molar-refractivity contribution is 5.99. The first-order chi connectivity index (χ1) is 11.0. The van der Waals surface area contributed by atoms with Crippen molar-refractivity contribution in [1.82, 2.24) is 0 Å². The second-order valence-electron chi connectivity index (χ2n) is 4.99. The quantitative estimate of drug-likeness (QED) is 0.622. The minimum atomic E-state index is -0.432. The van der Waals surface area contributed by atoms with Gasteiger partial charge in [-0.25, -0.2) is 0 Å². The van der Waals surface area contributed by atoms with E-state index in [0.717, 1.165) is 0 Å². The predicted molar refractivity (Wildman–Crippen MR) is 87.1 cm³/mol. The summed E-state index contributed by atoms with van der Waals surface area (Å²) in [5.74, 6) is 0.420. The molecule has 0 saturated heterocycles. The molecular weight excluding hydrogens is 296 g/mol. The molecule has 0 aliphatic carbocycles. The Bertz CT molecular complexity index is 749. The molecule has 0 aromatic heterocycles. The van der Waals surface area contributed by atoms with Crippen molar-refractivity contribution in [2.45, 2.75) is 34.1 Å². The van der Waals surface area contributed by atoms with E-state index < -0.39 is 11.9 Å². The lowest BCUT2D eigenvalue weighted by molar-refractivity contribution is -0.133. The third-order valence-corrected chi connectivity index (χ3v) is 3.30. The fourth-order valence-electron chi connectivity index (χ4n) is 2.53. The molecule has 0 amide bonds. The molecule has 0 aliphatic heterocycles. The standard InChI is InChI=1S/C18H20O5/c1-5-13-16(22-11(3)19)14-9-7-8-10-15(14)18(23-12(4)20)17(13)21-6-2/h7-10H,5-6H2,1-4H3. The number of benzene rings is 2. The average molecular weight is 316 g/mol. The number of carbonyl (C=O) groups excluding carboxylic acids is 2. The Morgan fingerprint density at radius 1 is 0.870 bits per heavy atom. The third kappa shape index (κ3) is 3.44. The van der Waals surface area contributed by atoms with Crippen LogP contribution in [0.2, 0.25) is 0 Å². The summed E-state index contributed by atoms with van der Waals surface area (Å²) in [5.41, 5.74) is 0.706. The van der Waals surface area contributed by atoms with Gasteiger partial charge in [0.15, 0.2) is 11.5 Å². The highest BCUT2D eigenvalue weighted by atomic mass is 16.6. The van der Waals surface area contributed by atoms with E-state index in [0.29, 0.717) is 46.6 Å². The summed E-state index contributed by atoms with van der Waals surface area (Å²) in [6, 6.07) is 7.30. The molecule has 5 nitrogen and oxygen atoms in total. The third-order valence-electron chi connectivity index (χ3n) is 3.30. The summed E-state index contributed by atoms with van der Waals surface area (Å²) in [4.78, 5) is 23.0. The molecule has 0 spiro atoms. The zero-order valence-corrected chi connectivity index (χ0v) is 13.8. The summed E-state index contributed by atoms with van der Waals surface area (Å²) in [5, 5.41) is 1.37. The molecule has 2 aromatic carbocycles. The molecule has 23 heavy (non-hydrogen) atoms. The van der Waals surface area contributed by atoms with Crippen molar-refractivity contribution < 1.29 is 23.8 Å². The largest absolute Gasteiger partial charge is 0.489 e. The lowest BCUT2D eigenvalue weighted by Gasteiger charge is -2.20. The van der Waals surface area contributed by atoms with Gasteiger partial charge in [-0.2, -0.15) is 0 Å². The van der Waals surface area contributed by atoms with Gasteiger partial charge >= 0.3 is 11.9 Å². The van der Waals surface area contributed by atoms with Crippen molar-refractivity contribution in [2.24, 2.45) is 0 Å². The highest BCUT2D eigenvalue weighted by Gasteiger charge is 2.23. The normalized spacial score (nSPS) is 10.4. The van der Waals surface area contributed by atoms with Crippen LogP contribution in [0, 0.1) is 0 Å². The second kappa shape index (κ2) is 7.13. The summed E-state index contributed by atoms with van der Waals surface area (Å²) in [6.45, 7) is 6.87. The van der Waals surface area contributed by atoms with Gasteiger partial charge in [-0.15, -0.1) is 0 Å². The van der Waals surface area contributed by atoms with Crippen molar-refractivity contribution in [3.8, 4) is 17.2 Å². The first kappa shape index (κ1) is 16.8. The maximum Gasteiger partial charge on any atom is 0.308 e. The minimum Gasteiger partial charge on any atom is -0.489 e. The van der Waals surface area contributed by atoms with E-state index >= 15 is 0 Å². The number of fused-ring (bicyclic) bond motifs is 1. The van der Waals surface area contributed by atoms with Crippen LogP contribution in [0.4, 0.5) is 0 Å². The van der Waals surface area contributed by atoms with Gasteiger partial charge < -0.3 is 14.2 Å². The monoisotopic (exact) mass is 316 g/mol. The molecule has 0 fully saturated rings. The van der Waals surface area contributed by atoms with Crippen LogP contribution < -0.4 is 14.2 Å². The lowest BCUT2D eigenvalue weighted by Crippen LogP contribution is -2.10. The zero-order valence-electron chi connectivity index (χ0n) is 13.8. The van der Waals surface area contributed by atoms with E-state index in [9.17, 15) is 9.59 Å². The molecule has 122 valence electrons. The number of esters is 2. The van der Waals surface area contributed by atoms with Gasteiger partial charge in [0.1, 0.15) is 5.75 Å². The SMILES string of the molecule is CCOc1c(CC)c(OC(C)=O)c2ccccc2c1OC(C)=O.